The number of nitrogens with one attached hydrogen (secondary N) is 1. The van der Waals surface area contributed by atoms with Crippen molar-refractivity contribution in [1.29, 1.82) is 0 Å². The summed E-state index contributed by atoms with van der Waals surface area (Å²) in [5, 5.41) is 3.03. The lowest BCUT2D eigenvalue weighted by molar-refractivity contribution is -0.120. The zero-order valence-electron chi connectivity index (χ0n) is 18.1. The molecule has 5 nitrogen and oxygen atoms in total. The van der Waals surface area contributed by atoms with E-state index in [1.54, 1.807) is 36.4 Å². The molecule has 1 aliphatic heterocycles. The first-order chi connectivity index (χ1) is 15.3. The first-order valence-corrected chi connectivity index (χ1v) is 10.3. The Kier molecular flexibility index (Phi) is 5.77. The molecule has 0 atom stereocenters. The third-order valence-electron chi connectivity index (χ3n) is 5.07. The molecule has 6 heteroatoms. The maximum Gasteiger partial charge on any atom is 0.282 e. The number of amides is 2. The first kappa shape index (κ1) is 21.3. The highest BCUT2D eigenvalue weighted by atomic mass is 19.1. The summed E-state index contributed by atoms with van der Waals surface area (Å²) in [7, 11) is 0. The third kappa shape index (κ3) is 4.12. The number of halogens is 1. The lowest BCUT2D eigenvalue weighted by atomic mass is 10.0. The van der Waals surface area contributed by atoms with Crippen molar-refractivity contribution in [1.82, 2.24) is 0 Å². The lowest BCUT2D eigenvalue weighted by Gasteiger charge is -2.17. The predicted molar refractivity (Wildman–Crippen MR) is 123 cm³/mol. The van der Waals surface area contributed by atoms with Crippen LogP contribution in [0.25, 0.3) is 5.57 Å². The van der Waals surface area contributed by atoms with Crippen LogP contribution in [0.15, 0.2) is 78.5 Å². The molecule has 1 aliphatic rings. The minimum absolute atomic E-state index is 0.0157. The zero-order chi connectivity index (χ0) is 22.8. The molecule has 0 saturated heterocycles. The molecule has 0 radical (unpaired) electrons. The summed E-state index contributed by atoms with van der Waals surface area (Å²) in [5.74, 6) is -0.608. The normalized spacial score (nSPS) is 13.8. The summed E-state index contributed by atoms with van der Waals surface area (Å²) >= 11 is 0. The van der Waals surface area contributed by atoms with Crippen LogP contribution in [0.1, 0.15) is 25.0 Å². The highest BCUT2D eigenvalue weighted by Gasteiger charge is 2.40. The molecule has 0 spiro atoms. The Labute approximate surface area is 186 Å². The monoisotopic (exact) mass is 430 g/mol. The number of carbonyl (C=O) groups excluding carboxylic acids is 2. The fourth-order valence-corrected chi connectivity index (χ4v) is 3.60. The molecule has 1 N–H and O–H groups in total. The van der Waals surface area contributed by atoms with E-state index in [1.165, 1.54) is 29.2 Å². The highest BCUT2D eigenvalue weighted by molar-refractivity contribution is 6.46. The van der Waals surface area contributed by atoms with Gasteiger partial charge in [-0.1, -0.05) is 30.3 Å². The molecule has 3 aromatic carbocycles. The van der Waals surface area contributed by atoms with Gasteiger partial charge >= 0.3 is 0 Å². The number of benzene rings is 3. The van der Waals surface area contributed by atoms with E-state index in [9.17, 15) is 14.0 Å². The van der Waals surface area contributed by atoms with E-state index in [0.29, 0.717) is 22.7 Å². The first-order valence-electron chi connectivity index (χ1n) is 10.3. The minimum atomic E-state index is -0.467. The number of carbonyl (C=O) groups is 2. The van der Waals surface area contributed by atoms with Gasteiger partial charge in [-0.3, -0.25) is 9.59 Å². The third-order valence-corrected chi connectivity index (χ3v) is 5.07. The number of nitrogens with zero attached hydrogens (tertiary/aromatic N) is 1. The molecule has 3 aromatic rings. The molecule has 32 heavy (non-hydrogen) atoms. The number of hydrogen-bond acceptors (Lipinski definition) is 4. The molecule has 0 unspecified atom stereocenters. The van der Waals surface area contributed by atoms with Crippen molar-refractivity contribution in [3.05, 3.63) is 95.4 Å². The fraction of sp³-hybridized carbons (Fsp3) is 0.154. The second kappa shape index (κ2) is 8.67. The minimum Gasteiger partial charge on any atom is -0.491 e. The Hall–Kier alpha value is -3.93. The average molecular weight is 430 g/mol. The van der Waals surface area contributed by atoms with Gasteiger partial charge in [0.05, 0.1) is 17.4 Å². The summed E-state index contributed by atoms with van der Waals surface area (Å²) < 4.78 is 19.0. The van der Waals surface area contributed by atoms with Gasteiger partial charge in [-0.2, -0.15) is 0 Å². The van der Waals surface area contributed by atoms with Gasteiger partial charge in [0.15, 0.2) is 0 Å². The molecule has 1 heterocycles. The molecule has 0 fully saturated rings. The fourth-order valence-electron chi connectivity index (χ4n) is 3.60. The van der Waals surface area contributed by atoms with Crippen LogP contribution in [0.4, 0.5) is 15.8 Å². The second-order valence-corrected chi connectivity index (χ2v) is 7.81. The van der Waals surface area contributed by atoms with Crippen LogP contribution in [0.3, 0.4) is 0 Å². The largest absolute Gasteiger partial charge is 0.491 e. The van der Waals surface area contributed by atoms with Crippen LogP contribution in [-0.2, 0) is 9.59 Å². The van der Waals surface area contributed by atoms with Crippen molar-refractivity contribution in [3.8, 4) is 5.75 Å². The maximum absolute atomic E-state index is 13.5. The summed E-state index contributed by atoms with van der Waals surface area (Å²) in [6.07, 6.45) is 0.0157. The number of rotatable bonds is 6. The molecular weight excluding hydrogens is 407 g/mol. The van der Waals surface area contributed by atoms with Crippen LogP contribution in [-0.4, -0.2) is 17.9 Å². The Morgan fingerprint density at radius 3 is 2.16 bits per heavy atom. The second-order valence-electron chi connectivity index (χ2n) is 7.81. The van der Waals surface area contributed by atoms with Gasteiger partial charge in [0.25, 0.3) is 11.8 Å². The van der Waals surface area contributed by atoms with Crippen LogP contribution in [0, 0.1) is 12.7 Å². The molecule has 4 rings (SSSR count). The molecule has 162 valence electrons. The topological polar surface area (TPSA) is 58.6 Å². The molecule has 0 saturated carbocycles. The van der Waals surface area contributed by atoms with Gasteiger partial charge < -0.3 is 10.1 Å². The van der Waals surface area contributed by atoms with Gasteiger partial charge in [0.2, 0.25) is 0 Å². The van der Waals surface area contributed by atoms with E-state index in [0.717, 1.165) is 5.56 Å². The number of hydrogen-bond donors (Lipinski definition) is 1. The van der Waals surface area contributed by atoms with E-state index in [-0.39, 0.29) is 23.2 Å². The molecule has 0 aromatic heterocycles. The Morgan fingerprint density at radius 1 is 0.875 bits per heavy atom. The van der Waals surface area contributed by atoms with Gasteiger partial charge in [0.1, 0.15) is 17.3 Å². The van der Waals surface area contributed by atoms with Crippen molar-refractivity contribution in [2.75, 3.05) is 10.2 Å². The van der Waals surface area contributed by atoms with Crippen LogP contribution < -0.4 is 15.0 Å². The quantitative estimate of drug-likeness (QED) is 0.538. The van der Waals surface area contributed by atoms with Gasteiger partial charge in [0, 0.05) is 5.69 Å². The smallest absolute Gasteiger partial charge is 0.282 e. The van der Waals surface area contributed by atoms with Gasteiger partial charge in [-0.15, -0.1) is 0 Å². The Morgan fingerprint density at radius 2 is 1.53 bits per heavy atom. The Balaban J connectivity index is 1.79. The van der Waals surface area contributed by atoms with Crippen LogP contribution in [0.2, 0.25) is 0 Å². The van der Waals surface area contributed by atoms with Crippen LogP contribution in [0.5, 0.6) is 5.75 Å². The van der Waals surface area contributed by atoms with E-state index in [2.05, 4.69) is 5.32 Å². The SMILES string of the molecule is Cc1ccccc1N1C(=O)C(Nc2ccc(F)cc2)=C(c2ccc(OC(C)C)cc2)C1=O. The lowest BCUT2D eigenvalue weighted by Crippen LogP contribution is -2.33. The molecule has 2 amide bonds. The van der Waals surface area contributed by atoms with Crippen molar-refractivity contribution in [3.63, 3.8) is 0 Å². The number of imide groups is 1. The number of para-hydroxylation sites is 1. The average Bonchev–Trinajstić information content (AvgIpc) is 3.00. The molecule has 0 aliphatic carbocycles. The van der Waals surface area contributed by atoms with Crippen molar-refractivity contribution >= 4 is 28.8 Å². The van der Waals surface area contributed by atoms with E-state index in [4.69, 9.17) is 4.74 Å². The van der Waals surface area contributed by atoms with E-state index >= 15 is 0 Å². The van der Waals surface area contributed by atoms with E-state index in [1.807, 2.05) is 32.9 Å². The van der Waals surface area contributed by atoms with Crippen molar-refractivity contribution in [2.45, 2.75) is 26.9 Å². The Bertz CT molecular complexity index is 1200. The maximum atomic E-state index is 13.5. The standard InChI is InChI=1S/C26H23FN2O3/c1-16(2)32-21-14-8-18(9-15-21)23-24(28-20-12-10-19(27)11-13-20)26(31)29(25(23)30)22-7-5-4-6-17(22)3/h4-16,28H,1-3H3. The van der Waals surface area contributed by atoms with Gasteiger partial charge in [-0.05, 0) is 74.4 Å². The van der Waals surface area contributed by atoms with Crippen molar-refractivity contribution < 1.29 is 18.7 Å². The number of aryl methyl sites for hydroxylation is 1. The number of anilines is 2. The predicted octanol–water partition coefficient (Wildman–Crippen LogP) is 5.32. The summed E-state index contributed by atoms with van der Waals surface area (Å²) in [5.41, 5.74) is 2.81. The van der Waals surface area contributed by atoms with Crippen LogP contribution >= 0.6 is 0 Å². The highest BCUT2D eigenvalue weighted by Crippen LogP contribution is 2.35. The summed E-state index contributed by atoms with van der Waals surface area (Å²) in [6, 6.07) is 19.9. The zero-order valence-corrected chi connectivity index (χ0v) is 18.1. The molecular formula is C26H23FN2O3. The van der Waals surface area contributed by atoms with E-state index < -0.39 is 11.8 Å². The molecule has 0 bridgehead atoms. The summed E-state index contributed by atoms with van der Waals surface area (Å²) in [6.45, 7) is 5.71. The van der Waals surface area contributed by atoms with Crippen molar-refractivity contribution in [2.24, 2.45) is 0 Å². The number of ether oxygens (including phenoxy) is 1. The van der Waals surface area contributed by atoms with Gasteiger partial charge in [-0.25, -0.2) is 9.29 Å². The summed E-state index contributed by atoms with van der Waals surface area (Å²) in [4.78, 5) is 28.1.